The van der Waals surface area contributed by atoms with E-state index in [0.717, 1.165) is 12.1 Å². The lowest BCUT2D eigenvalue weighted by Crippen LogP contribution is -2.39. The summed E-state index contributed by atoms with van der Waals surface area (Å²) in [6, 6.07) is 2.32. The third-order valence-corrected chi connectivity index (χ3v) is 3.01. The Hall–Kier alpha value is -1.80. The number of hydrogen-bond donors (Lipinski definition) is 2. The highest BCUT2D eigenvalue weighted by Gasteiger charge is 2.33. The van der Waals surface area contributed by atoms with Gasteiger partial charge in [-0.25, -0.2) is 0 Å². The topological polar surface area (TPSA) is 67.4 Å². The van der Waals surface area contributed by atoms with Crippen molar-refractivity contribution in [1.82, 2.24) is 5.32 Å². The van der Waals surface area contributed by atoms with E-state index in [-0.39, 0.29) is 12.2 Å². The van der Waals surface area contributed by atoms with Crippen LogP contribution in [0.5, 0.6) is 0 Å². The van der Waals surface area contributed by atoms with E-state index in [1.807, 2.05) is 0 Å². The predicted molar refractivity (Wildman–Crippen MR) is 74.6 cm³/mol. The van der Waals surface area contributed by atoms with E-state index in [0.29, 0.717) is 0 Å². The highest BCUT2D eigenvalue weighted by molar-refractivity contribution is 6.31. The van der Waals surface area contributed by atoms with Gasteiger partial charge in [0.1, 0.15) is 6.04 Å². The lowest BCUT2D eigenvalue weighted by molar-refractivity contribution is -0.142. The van der Waals surface area contributed by atoms with Crippen LogP contribution < -0.4 is 10.6 Å². The van der Waals surface area contributed by atoms with Gasteiger partial charge in [-0.05, 0) is 25.1 Å². The van der Waals surface area contributed by atoms with Gasteiger partial charge in [0.2, 0.25) is 5.91 Å². The number of esters is 1. The van der Waals surface area contributed by atoms with Gasteiger partial charge in [-0.15, -0.1) is 0 Å². The Labute approximate surface area is 129 Å². The van der Waals surface area contributed by atoms with Crippen LogP contribution in [0.1, 0.15) is 12.5 Å². The summed E-state index contributed by atoms with van der Waals surface area (Å²) in [5.41, 5.74) is -1.09. The Morgan fingerprint density at radius 2 is 2.00 bits per heavy atom. The van der Waals surface area contributed by atoms with Crippen molar-refractivity contribution in [3.63, 3.8) is 0 Å². The first-order valence-electron chi connectivity index (χ1n) is 6.13. The molecule has 0 fully saturated rings. The van der Waals surface area contributed by atoms with Crippen LogP contribution in [0.15, 0.2) is 18.2 Å². The summed E-state index contributed by atoms with van der Waals surface area (Å²) in [6.07, 6.45) is -4.62. The van der Waals surface area contributed by atoms with E-state index in [9.17, 15) is 22.8 Å². The summed E-state index contributed by atoms with van der Waals surface area (Å²) in [6.45, 7) is 1.23. The number of anilines is 1. The van der Waals surface area contributed by atoms with Crippen molar-refractivity contribution in [3.05, 3.63) is 28.8 Å². The van der Waals surface area contributed by atoms with Gasteiger partial charge in [0.05, 0.1) is 24.2 Å². The van der Waals surface area contributed by atoms with Crippen molar-refractivity contribution < 1.29 is 27.5 Å². The van der Waals surface area contributed by atoms with Crippen LogP contribution in [0.2, 0.25) is 5.02 Å². The van der Waals surface area contributed by atoms with Crippen LogP contribution >= 0.6 is 11.6 Å². The number of carbonyl (C=O) groups excluding carboxylic acids is 2. The molecule has 0 aliphatic carbocycles. The molecule has 1 unspecified atom stereocenters. The Morgan fingerprint density at radius 3 is 2.55 bits per heavy atom. The number of rotatable bonds is 5. The average Bonchev–Trinajstić information content (AvgIpc) is 2.44. The fraction of sp³-hybridized carbons (Fsp3) is 0.385. The van der Waals surface area contributed by atoms with Crippen molar-refractivity contribution in [2.75, 3.05) is 19.0 Å². The molecule has 1 rings (SSSR count). The van der Waals surface area contributed by atoms with Gasteiger partial charge in [-0.3, -0.25) is 14.9 Å². The number of benzene rings is 1. The predicted octanol–water partition coefficient (Wildman–Crippen LogP) is 2.45. The number of ether oxygens (including phenoxy) is 1. The quantitative estimate of drug-likeness (QED) is 0.809. The van der Waals surface area contributed by atoms with Crippen molar-refractivity contribution in [3.8, 4) is 0 Å². The number of halogens is 4. The second-order valence-electron chi connectivity index (χ2n) is 4.37. The molecule has 1 aromatic rings. The first-order valence-corrected chi connectivity index (χ1v) is 6.50. The van der Waals surface area contributed by atoms with Gasteiger partial charge in [0, 0.05) is 5.69 Å². The zero-order chi connectivity index (χ0) is 16.9. The molecule has 0 bridgehead atoms. The lowest BCUT2D eigenvalue weighted by Gasteiger charge is -2.13. The largest absolute Gasteiger partial charge is 0.468 e. The van der Waals surface area contributed by atoms with E-state index >= 15 is 0 Å². The Kier molecular flexibility index (Phi) is 6.19. The SMILES string of the molecule is COC(=O)C(C)NCC(=O)Nc1ccc(Cl)c(C(F)(F)F)c1. The van der Waals surface area contributed by atoms with E-state index in [2.05, 4.69) is 15.4 Å². The van der Waals surface area contributed by atoms with Gasteiger partial charge in [0.15, 0.2) is 0 Å². The zero-order valence-electron chi connectivity index (χ0n) is 11.8. The third-order valence-electron chi connectivity index (χ3n) is 2.68. The monoisotopic (exact) mass is 338 g/mol. The van der Waals surface area contributed by atoms with Crippen molar-refractivity contribution in [1.29, 1.82) is 0 Å². The van der Waals surface area contributed by atoms with Gasteiger partial charge in [-0.1, -0.05) is 11.6 Å². The first-order chi connectivity index (χ1) is 10.1. The number of methoxy groups -OCH3 is 1. The summed E-state index contributed by atoms with van der Waals surface area (Å²) in [5.74, 6) is -1.16. The van der Waals surface area contributed by atoms with Crippen LogP contribution in [-0.4, -0.2) is 31.6 Å². The van der Waals surface area contributed by atoms with Crippen LogP contribution in [-0.2, 0) is 20.5 Å². The fourth-order valence-corrected chi connectivity index (χ4v) is 1.76. The molecule has 1 atom stereocenters. The van der Waals surface area contributed by atoms with Gasteiger partial charge < -0.3 is 10.1 Å². The standard InChI is InChI=1S/C13H14ClF3N2O3/c1-7(12(21)22-2)18-6-11(20)19-8-3-4-10(14)9(5-8)13(15,16)17/h3-5,7,18H,6H2,1-2H3,(H,19,20). The van der Waals surface area contributed by atoms with E-state index in [4.69, 9.17) is 11.6 Å². The maximum atomic E-state index is 12.7. The molecule has 1 amide bonds. The summed E-state index contributed by atoms with van der Waals surface area (Å²) in [7, 11) is 1.20. The number of nitrogens with one attached hydrogen (secondary N) is 2. The van der Waals surface area contributed by atoms with E-state index in [1.165, 1.54) is 20.1 Å². The zero-order valence-corrected chi connectivity index (χ0v) is 12.5. The lowest BCUT2D eigenvalue weighted by atomic mass is 10.2. The van der Waals surface area contributed by atoms with Gasteiger partial charge >= 0.3 is 12.1 Å². The molecular formula is C13H14ClF3N2O3. The number of hydrogen-bond acceptors (Lipinski definition) is 4. The number of alkyl halides is 3. The summed E-state index contributed by atoms with van der Waals surface area (Å²) in [5, 5.41) is 4.40. The van der Waals surface area contributed by atoms with E-state index < -0.39 is 34.7 Å². The maximum Gasteiger partial charge on any atom is 0.417 e. The molecule has 0 spiro atoms. The minimum Gasteiger partial charge on any atom is -0.468 e. The molecule has 1 aromatic carbocycles. The highest BCUT2D eigenvalue weighted by Crippen LogP contribution is 2.36. The average molecular weight is 339 g/mol. The second kappa shape index (κ2) is 7.46. The molecule has 0 aliphatic heterocycles. The maximum absolute atomic E-state index is 12.7. The molecule has 2 N–H and O–H groups in total. The Bertz CT molecular complexity index is 564. The molecule has 0 heterocycles. The van der Waals surface area contributed by atoms with E-state index in [1.54, 1.807) is 0 Å². The van der Waals surface area contributed by atoms with Crippen LogP contribution in [0.3, 0.4) is 0 Å². The van der Waals surface area contributed by atoms with Gasteiger partial charge in [0.25, 0.3) is 0 Å². The normalized spacial score (nSPS) is 12.6. The number of amides is 1. The molecular weight excluding hydrogens is 325 g/mol. The molecule has 5 nitrogen and oxygen atoms in total. The van der Waals surface area contributed by atoms with Crippen molar-refractivity contribution >= 4 is 29.2 Å². The van der Waals surface area contributed by atoms with Crippen LogP contribution in [0.25, 0.3) is 0 Å². The summed E-state index contributed by atoms with van der Waals surface area (Å²) in [4.78, 5) is 22.8. The molecule has 22 heavy (non-hydrogen) atoms. The fourth-order valence-electron chi connectivity index (χ4n) is 1.53. The molecule has 0 aliphatic rings. The molecule has 0 saturated heterocycles. The minimum absolute atomic E-state index is 0.0470. The summed E-state index contributed by atoms with van der Waals surface area (Å²) >= 11 is 5.47. The van der Waals surface area contributed by atoms with Gasteiger partial charge in [-0.2, -0.15) is 13.2 Å². The molecule has 9 heteroatoms. The second-order valence-corrected chi connectivity index (χ2v) is 4.77. The first kappa shape index (κ1) is 18.2. The van der Waals surface area contributed by atoms with Crippen LogP contribution in [0, 0.1) is 0 Å². The highest BCUT2D eigenvalue weighted by atomic mass is 35.5. The summed E-state index contributed by atoms with van der Waals surface area (Å²) < 4.78 is 42.5. The smallest absolute Gasteiger partial charge is 0.417 e. The van der Waals surface area contributed by atoms with Crippen molar-refractivity contribution in [2.24, 2.45) is 0 Å². The third kappa shape index (κ3) is 5.19. The molecule has 122 valence electrons. The Morgan fingerprint density at radius 1 is 1.36 bits per heavy atom. The molecule has 0 aromatic heterocycles. The minimum atomic E-state index is -4.62. The molecule has 0 radical (unpaired) electrons. The van der Waals surface area contributed by atoms with Crippen molar-refractivity contribution in [2.45, 2.75) is 19.1 Å². The number of carbonyl (C=O) groups is 2. The molecule has 0 saturated carbocycles. The van der Waals surface area contributed by atoms with Crippen LogP contribution in [0.4, 0.5) is 18.9 Å². The Balaban J connectivity index is 2.68.